The zero-order valence-electron chi connectivity index (χ0n) is 17.2. The molecule has 6 nitrogen and oxygen atoms in total. The molecule has 1 saturated heterocycles. The number of allylic oxidation sites excluding steroid dienone is 1. The Morgan fingerprint density at radius 1 is 1.38 bits per heavy atom. The van der Waals surface area contributed by atoms with E-state index in [2.05, 4.69) is 10.6 Å². The second-order valence-corrected chi connectivity index (χ2v) is 8.31. The molecule has 0 aliphatic carbocycles. The van der Waals surface area contributed by atoms with Crippen molar-refractivity contribution in [2.24, 2.45) is 11.8 Å². The smallest absolute Gasteiger partial charge is 0.323 e. The highest BCUT2D eigenvalue weighted by Crippen LogP contribution is 2.29. The first kappa shape index (κ1) is 22.6. The molecule has 1 aliphatic rings. The van der Waals surface area contributed by atoms with E-state index in [1.807, 2.05) is 53.7 Å². The lowest BCUT2D eigenvalue weighted by Gasteiger charge is -2.34. The van der Waals surface area contributed by atoms with Crippen molar-refractivity contribution in [1.29, 1.82) is 0 Å². The van der Waals surface area contributed by atoms with Crippen LogP contribution in [0, 0.1) is 11.8 Å². The van der Waals surface area contributed by atoms with Crippen LogP contribution in [0.1, 0.15) is 61.3 Å². The molecule has 3 unspecified atom stereocenters. The van der Waals surface area contributed by atoms with Gasteiger partial charge in [0.15, 0.2) is 0 Å². The molecule has 1 rings (SSSR count). The summed E-state index contributed by atoms with van der Waals surface area (Å²) in [6, 6.07) is -1.17. The van der Waals surface area contributed by atoms with Crippen LogP contribution >= 0.6 is 0 Å². The van der Waals surface area contributed by atoms with E-state index < -0.39 is 23.8 Å². The van der Waals surface area contributed by atoms with Crippen molar-refractivity contribution in [3.63, 3.8) is 0 Å². The third-order valence-electron chi connectivity index (χ3n) is 4.85. The van der Waals surface area contributed by atoms with Gasteiger partial charge in [-0.25, -0.2) is 0 Å². The summed E-state index contributed by atoms with van der Waals surface area (Å²) in [6.07, 6.45) is 4.64. The molecule has 0 aromatic rings. The van der Waals surface area contributed by atoms with Crippen LogP contribution in [0.3, 0.4) is 0 Å². The second kappa shape index (κ2) is 9.51. The summed E-state index contributed by atoms with van der Waals surface area (Å²) < 4.78 is 5.51. The van der Waals surface area contributed by atoms with Crippen LogP contribution in [0.25, 0.3) is 0 Å². The lowest BCUT2D eigenvalue weighted by Crippen LogP contribution is -2.58. The fraction of sp³-hybridized carbons (Fsp3) is 0.800. The number of amides is 1. The molecule has 1 heterocycles. The molecular formula is C20H36N2O4. The number of hydrogen-bond donors (Lipinski definition) is 3. The van der Waals surface area contributed by atoms with Gasteiger partial charge < -0.3 is 15.2 Å². The summed E-state index contributed by atoms with van der Waals surface area (Å²) in [5.74, 6) is -0.443. The number of aliphatic hydroxyl groups excluding tert-OH is 1. The maximum Gasteiger partial charge on any atom is 0.323 e. The Hall–Kier alpha value is -1.40. The summed E-state index contributed by atoms with van der Waals surface area (Å²) in [5, 5.41) is 17.0. The minimum Gasteiger partial charge on any atom is -0.459 e. The SMILES string of the molecule is CC=C[C@@H]1C[C@H](C(=O)OC(C)(C)C)N[C@@H]1C(NC(C)=O)C(O)C(C)CC. The van der Waals surface area contributed by atoms with Crippen molar-refractivity contribution in [1.82, 2.24) is 10.6 Å². The molecule has 26 heavy (non-hydrogen) atoms. The molecule has 0 aromatic heterocycles. The highest BCUT2D eigenvalue weighted by Gasteiger charge is 2.44. The van der Waals surface area contributed by atoms with Crippen LogP contribution in [0.15, 0.2) is 12.2 Å². The number of carbonyl (C=O) groups is 2. The quantitative estimate of drug-likeness (QED) is 0.473. The monoisotopic (exact) mass is 368 g/mol. The van der Waals surface area contributed by atoms with Gasteiger partial charge in [0.25, 0.3) is 0 Å². The number of carbonyl (C=O) groups excluding carboxylic acids is 2. The molecule has 3 N–H and O–H groups in total. The summed E-state index contributed by atoms with van der Waals surface area (Å²) in [4.78, 5) is 24.2. The Balaban J connectivity index is 3.05. The van der Waals surface area contributed by atoms with Crippen LogP contribution in [-0.4, -0.2) is 46.8 Å². The average molecular weight is 369 g/mol. The molecule has 0 radical (unpaired) electrons. The molecule has 6 atom stereocenters. The lowest BCUT2D eigenvalue weighted by molar-refractivity contribution is -0.157. The summed E-state index contributed by atoms with van der Waals surface area (Å²) >= 11 is 0. The third kappa shape index (κ3) is 6.40. The van der Waals surface area contributed by atoms with Gasteiger partial charge in [0.05, 0.1) is 12.1 Å². The molecule has 0 spiro atoms. The molecule has 0 bridgehead atoms. The molecule has 0 saturated carbocycles. The van der Waals surface area contributed by atoms with Crippen LogP contribution in [0.2, 0.25) is 0 Å². The maximum absolute atomic E-state index is 12.5. The normalized spacial score (nSPS) is 27.2. The van der Waals surface area contributed by atoms with E-state index in [0.29, 0.717) is 6.42 Å². The van der Waals surface area contributed by atoms with Crippen LogP contribution in [0.5, 0.6) is 0 Å². The summed E-state index contributed by atoms with van der Waals surface area (Å²) in [6.45, 7) is 12.9. The van der Waals surface area contributed by atoms with Crippen LogP contribution in [-0.2, 0) is 14.3 Å². The first-order valence-electron chi connectivity index (χ1n) is 9.57. The molecule has 1 fully saturated rings. The standard InChI is InChI=1S/C20H36N2O4/c1-8-10-14-11-15(19(25)26-20(5,6)7)22-16(14)17(21-13(4)23)18(24)12(3)9-2/h8,10,12,14-18,22,24H,9,11H2,1-7H3,(H,21,23)/t12?,14-,15-,16+,17?,18?/m1/s1. The van der Waals surface area contributed by atoms with Crippen molar-refractivity contribution in [3.05, 3.63) is 12.2 Å². The van der Waals surface area contributed by atoms with E-state index in [4.69, 9.17) is 4.74 Å². The summed E-state index contributed by atoms with van der Waals surface area (Å²) in [7, 11) is 0. The fourth-order valence-corrected chi connectivity index (χ4v) is 3.41. The number of hydrogen-bond acceptors (Lipinski definition) is 5. The highest BCUT2D eigenvalue weighted by atomic mass is 16.6. The average Bonchev–Trinajstić information content (AvgIpc) is 2.93. The Morgan fingerprint density at radius 3 is 2.46 bits per heavy atom. The predicted octanol–water partition coefficient (Wildman–Crippen LogP) is 2.16. The minimum atomic E-state index is -0.702. The summed E-state index contributed by atoms with van der Waals surface area (Å²) in [5.41, 5.74) is -0.555. The van der Waals surface area contributed by atoms with Crippen molar-refractivity contribution >= 4 is 11.9 Å². The van der Waals surface area contributed by atoms with E-state index >= 15 is 0 Å². The highest BCUT2D eigenvalue weighted by molar-refractivity contribution is 5.77. The van der Waals surface area contributed by atoms with Crippen LogP contribution in [0.4, 0.5) is 0 Å². The number of nitrogens with one attached hydrogen (secondary N) is 2. The number of ether oxygens (including phenoxy) is 1. The zero-order chi connectivity index (χ0) is 20.1. The largest absolute Gasteiger partial charge is 0.459 e. The predicted molar refractivity (Wildman–Crippen MR) is 103 cm³/mol. The van der Waals surface area contributed by atoms with Gasteiger partial charge in [-0.05, 0) is 46.0 Å². The molecule has 1 aliphatic heterocycles. The van der Waals surface area contributed by atoms with E-state index in [0.717, 1.165) is 6.42 Å². The Labute approximate surface area is 157 Å². The first-order chi connectivity index (χ1) is 12.0. The van der Waals surface area contributed by atoms with Gasteiger partial charge in [-0.15, -0.1) is 0 Å². The Morgan fingerprint density at radius 2 is 2.00 bits per heavy atom. The van der Waals surface area contributed by atoms with Crippen molar-refractivity contribution < 1.29 is 19.4 Å². The molecule has 6 heteroatoms. The molecule has 0 aromatic carbocycles. The van der Waals surface area contributed by atoms with Crippen molar-refractivity contribution in [2.75, 3.05) is 0 Å². The zero-order valence-corrected chi connectivity index (χ0v) is 17.2. The van der Waals surface area contributed by atoms with Gasteiger partial charge in [0.2, 0.25) is 5.91 Å². The Kier molecular flexibility index (Phi) is 8.28. The number of esters is 1. The number of aliphatic hydroxyl groups is 1. The molecule has 150 valence electrons. The lowest BCUT2D eigenvalue weighted by atomic mass is 9.85. The van der Waals surface area contributed by atoms with E-state index in [1.54, 1.807) is 0 Å². The van der Waals surface area contributed by atoms with Gasteiger partial charge in [0, 0.05) is 13.0 Å². The maximum atomic E-state index is 12.5. The van der Waals surface area contributed by atoms with Crippen molar-refractivity contribution in [3.8, 4) is 0 Å². The van der Waals surface area contributed by atoms with Gasteiger partial charge >= 0.3 is 5.97 Å². The van der Waals surface area contributed by atoms with Crippen LogP contribution < -0.4 is 10.6 Å². The second-order valence-electron chi connectivity index (χ2n) is 8.31. The van der Waals surface area contributed by atoms with Gasteiger partial charge in [-0.3, -0.25) is 14.9 Å². The van der Waals surface area contributed by atoms with Gasteiger partial charge in [0.1, 0.15) is 11.6 Å². The minimum absolute atomic E-state index is 0.0214. The fourth-order valence-electron chi connectivity index (χ4n) is 3.41. The van der Waals surface area contributed by atoms with Gasteiger partial charge in [-0.2, -0.15) is 0 Å². The molecule has 1 amide bonds. The van der Waals surface area contributed by atoms with E-state index in [1.165, 1.54) is 6.92 Å². The van der Waals surface area contributed by atoms with E-state index in [9.17, 15) is 14.7 Å². The van der Waals surface area contributed by atoms with Crippen molar-refractivity contribution in [2.45, 2.75) is 91.1 Å². The first-order valence-corrected chi connectivity index (χ1v) is 9.57. The third-order valence-corrected chi connectivity index (χ3v) is 4.85. The Bertz CT molecular complexity index is 512. The topological polar surface area (TPSA) is 87.7 Å². The number of rotatable bonds is 7. The molecular weight excluding hydrogens is 332 g/mol. The van der Waals surface area contributed by atoms with Gasteiger partial charge in [-0.1, -0.05) is 32.4 Å². The van der Waals surface area contributed by atoms with E-state index in [-0.39, 0.29) is 29.8 Å².